The SMILES string of the molecule is [2H]c1c([2H])c([2H])c(-c2nc(-c3ccc(-c4ccc5ccccc5c4)cc3)nc(-c3cccc4oc5ccccc5c34)n2)c([2H])c1[2H]. The number of hydrogen-bond donors (Lipinski definition) is 0. The topological polar surface area (TPSA) is 51.8 Å². The highest BCUT2D eigenvalue weighted by Gasteiger charge is 2.17. The maximum atomic E-state index is 8.63. The standard InChI is InChI=1S/C37H23N3O/c1-2-10-26(11-3-1)35-38-36(27-20-17-25(18-21-27)29-22-19-24-9-4-5-12-28(24)23-29)40-37(39-35)31-14-8-16-33-34(31)30-13-6-7-15-32(30)41-33/h1-23H/i1D,2D,3D,10D,11D. The Kier molecular flexibility index (Phi) is 4.34. The van der Waals surface area contributed by atoms with Crippen LogP contribution >= 0.6 is 0 Å². The molecule has 0 aliphatic rings. The van der Waals surface area contributed by atoms with Gasteiger partial charge in [0.05, 0.1) is 6.85 Å². The first-order chi connectivity index (χ1) is 22.4. The second-order valence-electron chi connectivity index (χ2n) is 9.72. The normalized spacial score (nSPS) is 13.1. The average molecular weight is 531 g/mol. The summed E-state index contributed by atoms with van der Waals surface area (Å²) in [6.07, 6.45) is 0. The molecule has 0 saturated heterocycles. The molecule has 0 atom stereocenters. The molecular formula is C37H23N3O. The van der Waals surface area contributed by atoms with Crippen molar-refractivity contribution in [2.75, 3.05) is 0 Å². The maximum Gasteiger partial charge on any atom is 0.164 e. The van der Waals surface area contributed by atoms with Gasteiger partial charge in [0.2, 0.25) is 0 Å². The lowest BCUT2D eigenvalue weighted by molar-refractivity contribution is 0.669. The third-order valence-electron chi connectivity index (χ3n) is 7.23. The van der Waals surface area contributed by atoms with E-state index in [1.165, 1.54) is 5.39 Å². The van der Waals surface area contributed by atoms with Crippen molar-refractivity contribution in [1.29, 1.82) is 0 Å². The van der Waals surface area contributed by atoms with Gasteiger partial charge < -0.3 is 4.42 Å². The number of aromatic nitrogens is 3. The van der Waals surface area contributed by atoms with Crippen molar-refractivity contribution in [3.05, 3.63) is 139 Å². The van der Waals surface area contributed by atoms with Gasteiger partial charge in [-0.25, -0.2) is 15.0 Å². The summed E-state index contributed by atoms with van der Waals surface area (Å²) in [6, 6.07) is 33.6. The number of rotatable bonds is 4. The molecule has 4 heteroatoms. The summed E-state index contributed by atoms with van der Waals surface area (Å²) in [5, 5.41) is 4.02. The van der Waals surface area contributed by atoms with Gasteiger partial charge in [-0.1, -0.05) is 121 Å². The fraction of sp³-hybridized carbons (Fsp3) is 0. The molecule has 2 heterocycles. The van der Waals surface area contributed by atoms with Gasteiger partial charge in [-0.3, -0.25) is 0 Å². The molecule has 8 rings (SSSR count). The predicted molar refractivity (Wildman–Crippen MR) is 166 cm³/mol. The lowest BCUT2D eigenvalue weighted by atomic mass is 10.00. The Hall–Kier alpha value is -5.61. The molecule has 2 aromatic heterocycles. The van der Waals surface area contributed by atoms with Crippen molar-refractivity contribution in [3.8, 4) is 45.3 Å². The Balaban J connectivity index is 1.33. The second kappa shape index (κ2) is 9.54. The number of benzene rings is 6. The first-order valence-electron chi connectivity index (χ1n) is 15.7. The van der Waals surface area contributed by atoms with Crippen LogP contribution in [0, 0.1) is 0 Å². The quantitative estimate of drug-likeness (QED) is 0.227. The third kappa shape index (κ3) is 4.14. The van der Waals surface area contributed by atoms with Crippen molar-refractivity contribution in [2.24, 2.45) is 0 Å². The Morgan fingerprint density at radius 1 is 0.488 bits per heavy atom. The summed E-state index contributed by atoms with van der Waals surface area (Å²) in [7, 11) is 0. The van der Waals surface area contributed by atoms with E-state index in [2.05, 4.69) is 30.3 Å². The smallest absolute Gasteiger partial charge is 0.164 e. The summed E-state index contributed by atoms with van der Waals surface area (Å²) in [6.45, 7) is 0. The van der Waals surface area contributed by atoms with Crippen LogP contribution < -0.4 is 0 Å². The van der Waals surface area contributed by atoms with E-state index in [4.69, 9.17) is 26.2 Å². The molecule has 8 aromatic rings. The molecule has 0 aliphatic carbocycles. The Morgan fingerprint density at radius 2 is 1.15 bits per heavy atom. The lowest BCUT2D eigenvalue weighted by Crippen LogP contribution is -2.00. The van der Waals surface area contributed by atoms with Gasteiger partial charge in [0.15, 0.2) is 17.5 Å². The lowest BCUT2D eigenvalue weighted by Gasteiger charge is -2.10. The van der Waals surface area contributed by atoms with Gasteiger partial charge in [-0.05, 0) is 40.1 Å². The molecule has 4 nitrogen and oxygen atoms in total. The highest BCUT2D eigenvalue weighted by molar-refractivity contribution is 6.11. The van der Waals surface area contributed by atoms with E-state index < -0.39 is 18.1 Å². The van der Waals surface area contributed by atoms with Crippen molar-refractivity contribution >= 4 is 32.7 Å². The van der Waals surface area contributed by atoms with E-state index in [0.717, 1.165) is 27.3 Å². The van der Waals surface area contributed by atoms with Gasteiger partial charge in [0.25, 0.3) is 0 Å². The summed E-state index contributed by atoms with van der Waals surface area (Å²) in [4.78, 5) is 14.3. The second-order valence-corrected chi connectivity index (χ2v) is 9.72. The zero-order valence-corrected chi connectivity index (χ0v) is 21.6. The zero-order chi connectivity index (χ0) is 31.5. The van der Waals surface area contributed by atoms with E-state index >= 15 is 0 Å². The minimum atomic E-state index is -0.479. The van der Waals surface area contributed by atoms with E-state index in [1.54, 1.807) is 0 Å². The number of furan rings is 1. The van der Waals surface area contributed by atoms with Crippen LogP contribution in [0.1, 0.15) is 6.85 Å². The average Bonchev–Trinajstić information content (AvgIpc) is 3.49. The number of para-hydroxylation sites is 1. The Morgan fingerprint density at radius 3 is 2.00 bits per heavy atom. The van der Waals surface area contributed by atoms with E-state index in [-0.39, 0.29) is 23.5 Å². The van der Waals surface area contributed by atoms with Crippen molar-refractivity contribution < 1.29 is 11.3 Å². The first kappa shape index (κ1) is 18.6. The summed E-state index contributed by atoms with van der Waals surface area (Å²) in [5.74, 6) is 0.588. The number of hydrogen-bond acceptors (Lipinski definition) is 4. The van der Waals surface area contributed by atoms with Crippen LogP contribution in [0.25, 0.3) is 78.0 Å². The highest BCUT2D eigenvalue weighted by atomic mass is 16.3. The molecule has 192 valence electrons. The largest absolute Gasteiger partial charge is 0.456 e. The minimum absolute atomic E-state index is 0.0135. The maximum absolute atomic E-state index is 8.63. The van der Waals surface area contributed by atoms with Gasteiger partial charge in [0, 0.05) is 27.5 Å². The molecule has 0 fully saturated rings. The molecule has 0 aliphatic heterocycles. The van der Waals surface area contributed by atoms with Crippen LogP contribution in [0.2, 0.25) is 0 Å². The molecule has 0 saturated carbocycles. The first-order valence-corrected chi connectivity index (χ1v) is 13.2. The Bertz CT molecular complexity index is 2460. The van der Waals surface area contributed by atoms with Crippen molar-refractivity contribution in [3.63, 3.8) is 0 Å². The van der Waals surface area contributed by atoms with Gasteiger partial charge in [0.1, 0.15) is 11.2 Å². The fourth-order valence-corrected chi connectivity index (χ4v) is 5.24. The number of fused-ring (bicyclic) bond motifs is 4. The molecule has 0 unspecified atom stereocenters. The summed E-state index contributed by atoms with van der Waals surface area (Å²) < 4.78 is 48.0. The van der Waals surface area contributed by atoms with E-state index in [0.29, 0.717) is 33.9 Å². The van der Waals surface area contributed by atoms with Crippen molar-refractivity contribution in [2.45, 2.75) is 0 Å². The molecule has 6 aromatic carbocycles. The Labute approximate surface area is 243 Å². The molecule has 0 amide bonds. The van der Waals surface area contributed by atoms with E-state index in [1.807, 2.05) is 78.9 Å². The van der Waals surface area contributed by atoms with Crippen LogP contribution in [0.5, 0.6) is 0 Å². The molecule has 0 radical (unpaired) electrons. The monoisotopic (exact) mass is 530 g/mol. The van der Waals surface area contributed by atoms with Crippen LogP contribution in [0.15, 0.2) is 144 Å². The highest BCUT2D eigenvalue weighted by Crippen LogP contribution is 2.36. The molecule has 0 N–H and O–H groups in total. The fourth-order valence-electron chi connectivity index (χ4n) is 5.24. The summed E-state index contributed by atoms with van der Waals surface area (Å²) >= 11 is 0. The predicted octanol–water partition coefficient (Wildman–Crippen LogP) is 9.59. The van der Waals surface area contributed by atoms with Crippen molar-refractivity contribution in [1.82, 2.24) is 15.0 Å². The van der Waals surface area contributed by atoms with Gasteiger partial charge in [-0.15, -0.1) is 0 Å². The third-order valence-corrected chi connectivity index (χ3v) is 7.23. The van der Waals surface area contributed by atoms with Gasteiger partial charge in [-0.2, -0.15) is 0 Å². The molecular weight excluding hydrogens is 502 g/mol. The molecule has 41 heavy (non-hydrogen) atoms. The number of nitrogens with zero attached hydrogens (tertiary/aromatic N) is 3. The van der Waals surface area contributed by atoms with Crippen LogP contribution in [0.3, 0.4) is 0 Å². The zero-order valence-electron chi connectivity index (χ0n) is 26.6. The van der Waals surface area contributed by atoms with Crippen LogP contribution in [0.4, 0.5) is 0 Å². The summed E-state index contributed by atoms with van der Waals surface area (Å²) in [5.41, 5.74) is 4.73. The van der Waals surface area contributed by atoms with Crippen LogP contribution in [-0.4, -0.2) is 15.0 Å². The minimum Gasteiger partial charge on any atom is -0.456 e. The van der Waals surface area contributed by atoms with E-state index in [9.17, 15) is 0 Å². The molecule has 0 bridgehead atoms. The van der Waals surface area contributed by atoms with Gasteiger partial charge >= 0.3 is 0 Å². The molecule has 0 spiro atoms. The van der Waals surface area contributed by atoms with Crippen LogP contribution in [-0.2, 0) is 0 Å².